The molecule has 0 saturated heterocycles. The van der Waals surface area contributed by atoms with E-state index in [0.29, 0.717) is 0 Å². The number of H-pyrrole nitrogens is 1. The Kier molecular flexibility index (Phi) is 3.90. The number of carboxylic acids is 1. The molecule has 0 radical (unpaired) electrons. The molecule has 0 aliphatic heterocycles. The minimum atomic E-state index is -1.14. The van der Waals surface area contributed by atoms with Crippen LogP contribution < -0.4 is 10.7 Å². The Hall–Kier alpha value is -2.11. The van der Waals surface area contributed by atoms with Crippen LogP contribution in [0.4, 0.5) is 0 Å². The lowest BCUT2D eigenvalue weighted by Crippen LogP contribution is -2.49. The summed E-state index contributed by atoms with van der Waals surface area (Å²) in [6, 6.07) is 0.145. The summed E-state index contributed by atoms with van der Waals surface area (Å²) in [5, 5.41) is 11.4. The number of aromatic nitrogens is 1. The van der Waals surface area contributed by atoms with Crippen LogP contribution in [0.5, 0.6) is 0 Å². The van der Waals surface area contributed by atoms with Crippen molar-refractivity contribution >= 4 is 11.9 Å². The second kappa shape index (κ2) is 5.03. The number of aliphatic carboxylic acids is 1. The highest BCUT2D eigenvalue weighted by molar-refractivity contribution is 5.96. The van der Waals surface area contributed by atoms with Gasteiger partial charge in [-0.1, -0.05) is 20.8 Å². The average Bonchev–Trinajstić information content (AvgIpc) is 2.24. The van der Waals surface area contributed by atoms with Crippen LogP contribution in [0.1, 0.15) is 31.1 Å². The Balaban J connectivity index is 2.97. The van der Waals surface area contributed by atoms with E-state index < -0.39 is 28.8 Å². The van der Waals surface area contributed by atoms with Crippen LogP contribution in [0.3, 0.4) is 0 Å². The highest BCUT2D eigenvalue weighted by Crippen LogP contribution is 2.19. The monoisotopic (exact) mass is 252 g/mol. The molecule has 0 unspecified atom stereocenters. The van der Waals surface area contributed by atoms with Crippen LogP contribution in [-0.4, -0.2) is 28.0 Å². The Bertz CT molecular complexity index is 513. The predicted octanol–water partition coefficient (Wildman–Crippen LogP) is 0.604. The number of carbonyl (C=O) groups excluding carboxylic acids is 1. The number of amides is 1. The van der Waals surface area contributed by atoms with Crippen molar-refractivity contribution < 1.29 is 14.7 Å². The van der Waals surface area contributed by atoms with Crippen molar-refractivity contribution in [3.63, 3.8) is 0 Å². The first-order valence-electron chi connectivity index (χ1n) is 5.44. The Morgan fingerprint density at radius 2 is 2.00 bits per heavy atom. The van der Waals surface area contributed by atoms with Crippen LogP contribution >= 0.6 is 0 Å². The van der Waals surface area contributed by atoms with Crippen LogP contribution in [-0.2, 0) is 4.79 Å². The molecule has 3 N–H and O–H groups in total. The summed E-state index contributed by atoms with van der Waals surface area (Å²) in [6.45, 7) is 5.09. The van der Waals surface area contributed by atoms with Gasteiger partial charge in [-0.15, -0.1) is 0 Å². The second-order valence-electron chi connectivity index (χ2n) is 5.03. The van der Waals surface area contributed by atoms with Crippen molar-refractivity contribution in [1.82, 2.24) is 10.3 Å². The molecule has 1 aromatic heterocycles. The van der Waals surface area contributed by atoms with Crippen molar-refractivity contribution in [3.8, 4) is 0 Å². The zero-order valence-corrected chi connectivity index (χ0v) is 10.5. The van der Waals surface area contributed by atoms with E-state index in [1.807, 2.05) is 0 Å². The zero-order valence-electron chi connectivity index (χ0n) is 10.5. The molecule has 0 fully saturated rings. The van der Waals surface area contributed by atoms with Crippen LogP contribution in [0.15, 0.2) is 23.3 Å². The third-order valence-electron chi connectivity index (χ3n) is 2.46. The fourth-order valence-electron chi connectivity index (χ4n) is 1.45. The van der Waals surface area contributed by atoms with Crippen LogP contribution in [0.2, 0.25) is 0 Å². The summed E-state index contributed by atoms with van der Waals surface area (Å²) in [7, 11) is 0. The molecule has 6 heteroatoms. The lowest BCUT2D eigenvalue weighted by Gasteiger charge is -2.27. The lowest BCUT2D eigenvalue weighted by atomic mass is 9.86. The third-order valence-corrected chi connectivity index (χ3v) is 2.46. The van der Waals surface area contributed by atoms with Gasteiger partial charge in [-0.05, 0) is 5.41 Å². The van der Waals surface area contributed by atoms with Crippen molar-refractivity contribution in [3.05, 3.63) is 34.2 Å². The first-order chi connectivity index (χ1) is 8.23. The first-order valence-corrected chi connectivity index (χ1v) is 5.44. The summed E-state index contributed by atoms with van der Waals surface area (Å²) < 4.78 is 0. The smallest absolute Gasteiger partial charge is 0.326 e. The molecular formula is C12H16N2O4. The van der Waals surface area contributed by atoms with Crippen molar-refractivity contribution in [2.45, 2.75) is 26.8 Å². The first kappa shape index (κ1) is 14.0. The molecule has 1 amide bonds. The molecule has 1 atom stereocenters. The quantitative estimate of drug-likeness (QED) is 0.733. The van der Waals surface area contributed by atoms with Crippen molar-refractivity contribution in [2.24, 2.45) is 5.41 Å². The summed E-state index contributed by atoms with van der Waals surface area (Å²) in [4.78, 5) is 37.0. The number of nitrogens with one attached hydrogen (secondary N) is 2. The molecule has 0 aliphatic carbocycles. The summed E-state index contributed by atoms with van der Waals surface area (Å²) in [5.74, 6) is -1.83. The fourth-order valence-corrected chi connectivity index (χ4v) is 1.45. The largest absolute Gasteiger partial charge is 0.480 e. The number of hydrogen-bond donors (Lipinski definition) is 3. The SMILES string of the molecule is CC(C)(C)[C@H](NC(=O)c1c[nH]ccc1=O)C(=O)O. The van der Waals surface area contributed by atoms with Gasteiger partial charge >= 0.3 is 5.97 Å². The van der Waals surface area contributed by atoms with Gasteiger partial charge in [-0.3, -0.25) is 9.59 Å². The van der Waals surface area contributed by atoms with Gasteiger partial charge in [0, 0.05) is 18.5 Å². The molecule has 98 valence electrons. The number of carboxylic acid groups (broad SMARTS) is 1. The minimum Gasteiger partial charge on any atom is -0.480 e. The van der Waals surface area contributed by atoms with Gasteiger partial charge in [0.25, 0.3) is 5.91 Å². The van der Waals surface area contributed by atoms with E-state index in [1.54, 1.807) is 20.8 Å². The van der Waals surface area contributed by atoms with Gasteiger partial charge in [0.05, 0.1) is 0 Å². The zero-order chi connectivity index (χ0) is 13.9. The molecule has 0 bridgehead atoms. The van der Waals surface area contributed by atoms with E-state index in [1.165, 1.54) is 18.5 Å². The molecule has 0 spiro atoms. The number of pyridine rings is 1. The molecule has 6 nitrogen and oxygen atoms in total. The molecule has 18 heavy (non-hydrogen) atoms. The van der Waals surface area contributed by atoms with Crippen molar-refractivity contribution in [2.75, 3.05) is 0 Å². The molecule has 1 aromatic rings. The molecular weight excluding hydrogens is 236 g/mol. The van der Waals surface area contributed by atoms with Gasteiger partial charge in [-0.25, -0.2) is 4.79 Å². The Morgan fingerprint density at radius 3 is 2.44 bits per heavy atom. The van der Waals surface area contributed by atoms with Gasteiger partial charge in [0.15, 0.2) is 5.43 Å². The maximum absolute atomic E-state index is 11.8. The van der Waals surface area contributed by atoms with Crippen LogP contribution in [0.25, 0.3) is 0 Å². The topological polar surface area (TPSA) is 99.3 Å². The third kappa shape index (κ3) is 3.19. The molecule has 0 saturated carbocycles. The number of carbonyl (C=O) groups is 2. The predicted molar refractivity (Wildman–Crippen MR) is 65.4 cm³/mol. The number of aromatic amines is 1. The van der Waals surface area contributed by atoms with Gasteiger partial charge in [0.2, 0.25) is 0 Å². The second-order valence-corrected chi connectivity index (χ2v) is 5.03. The lowest BCUT2D eigenvalue weighted by molar-refractivity contribution is -0.142. The van der Waals surface area contributed by atoms with Gasteiger partial charge < -0.3 is 15.4 Å². The number of rotatable bonds is 3. The van der Waals surface area contributed by atoms with E-state index >= 15 is 0 Å². The van der Waals surface area contributed by atoms with E-state index in [-0.39, 0.29) is 5.56 Å². The fraction of sp³-hybridized carbons (Fsp3) is 0.417. The highest BCUT2D eigenvalue weighted by atomic mass is 16.4. The van der Waals surface area contributed by atoms with E-state index in [2.05, 4.69) is 10.3 Å². The van der Waals surface area contributed by atoms with Gasteiger partial charge in [-0.2, -0.15) is 0 Å². The standard InChI is InChI=1S/C12H16N2O4/c1-12(2,3)9(11(17)18)14-10(16)7-6-13-5-4-8(7)15/h4-6,9H,1-3H3,(H,13,15)(H,14,16)(H,17,18)/t9-/m1/s1. The highest BCUT2D eigenvalue weighted by Gasteiger charge is 2.33. The molecule has 1 rings (SSSR count). The minimum absolute atomic E-state index is 0.104. The Morgan fingerprint density at radius 1 is 1.39 bits per heavy atom. The molecule has 0 aliphatic rings. The summed E-state index contributed by atoms with van der Waals surface area (Å²) >= 11 is 0. The summed E-state index contributed by atoms with van der Waals surface area (Å²) in [6.07, 6.45) is 2.65. The van der Waals surface area contributed by atoms with Crippen LogP contribution in [0, 0.1) is 5.41 Å². The molecule has 0 aromatic carbocycles. The van der Waals surface area contributed by atoms with Crippen molar-refractivity contribution in [1.29, 1.82) is 0 Å². The van der Waals surface area contributed by atoms with E-state index in [4.69, 9.17) is 5.11 Å². The average molecular weight is 252 g/mol. The normalized spacial score (nSPS) is 12.8. The maximum Gasteiger partial charge on any atom is 0.326 e. The maximum atomic E-state index is 11.8. The number of hydrogen-bond acceptors (Lipinski definition) is 3. The van der Waals surface area contributed by atoms with Gasteiger partial charge in [0.1, 0.15) is 11.6 Å². The Labute approximate surface area is 104 Å². The summed E-state index contributed by atoms with van der Waals surface area (Å²) in [5.41, 5.74) is -1.21. The van der Waals surface area contributed by atoms with E-state index in [0.717, 1.165) is 0 Å². The molecule has 1 heterocycles. The van der Waals surface area contributed by atoms with E-state index in [9.17, 15) is 14.4 Å².